The van der Waals surface area contributed by atoms with Gasteiger partial charge in [0.1, 0.15) is 0 Å². The van der Waals surface area contributed by atoms with Gasteiger partial charge in [0.05, 0.1) is 4.92 Å². The van der Waals surface area contributed by atoms with E-state index in [0.717, 1.165) is 25.2 Å². The highest BCUT2D eigenvalue weighted by Gasteiger charge is 2.20. The number of nitro benzene ring substituents is 1. The number of rotatable bonds is 3. The maximum Gasteiger partial charge on any atom is 0.275 e. The Morgan fingerprint density at radius 2 is 2.39 bits per heavy atom. The van der Waals surface area contributed by atoms with E-state index in [0.29, 0.717) is 17.6 Å². The van der Waals surface area contributed by atoms with Gasteiger partial charge in [-0.2, -0.15) is 0 Å². The lowest BCUT2D eigenvalue weighted by atomic mass is 10.1. The number of nitro groups is 1. The first kappa shape index (κ1) is 13.3. The number of nitrogens with zero attached hydrogens (tertiary/aromatic N) is 2. The second-order valence-corrected chi connectivity index (χ2v) is 5.06. The highest BCUT2D eigenvalue weighted by molar-refractivity contribution is 6.30. The molecule has 1 aromatic rings. The molecule has 1 saturated heterocycles. The van der Waals surface area contributed by atoms with Crippen LogP contribution in [0.1, 0.15) is 12.5 Å². The minimum atomic E-state index is -0.368. The molecule has 6 heteroatoms. The normalized spacial score (nSPS) is 20.9. The van der Waals surface area contributed by atoms with E-state index >= 15 is 0 Å². The highest BCUT2D eigenvalue weighted by Crippen LogP contribution is 2.24. The Hall–Kier alpha value is -1.17. The van der Waals surface area contributed by atoms with Crippen molar-refractivity contribution < 1.29 is 4.92 Å². The van der Waals surface area contributed by atoms with Crippen molar-refractivity contribution >= 4 is 17.3 Å². The molecule has 0 amide bonds. The number of piperazine rings is 1. The highest BCUT2D eigenvalue weighted by atomic mass is 35.5. The third-order valence-electron chi connectivity index (χ3n) is 3.09. The van der Waals surface area contributed by atoms with Crippen molar-refractivity contribution in [3.63, 3.8) is 0 Å². The molecule has 5 nitrogen and oxygen atoms in total. The van der Waals surface area contributed by atoms with Gasteiger partial charge >= 0.3 is 0 Å². The Morgan fingerprint density at radius 3 is 3.06 bits per heavy atom. The number of benzene rings is 1. The van der Waals surface area contributed by atoms with Gasteiger partial charge in [-0.05, 0) is 19.1 Å². The fraction of sp³-hybridized carbons (Fsp3) is 0.500. The number of hydrogen-bond acceptors (Lipinski definition) is 4. The zero-order valence-electron chi connectivity index (χ0n) is 10.2. The molecule has 0 aliphatic carbocycles. The molecule has 0 spiro atoms. The predicted molar refractivity (Wildman–Crippen MR) is 70.8 cm³/mol. The van der Waals surface area contributed by atoms with Crippen molar-refractivity contribution in [2.75, 3.05) is 19.6 Å². The maximum absolute atomic E-state index is 11.0. The average Bonchev–Trinajstić information content (AvgIpc) is 2.31. The smallest absolute Gasteiger partial charge is 0.275 e. The lowest BCUT2D eigenvalue weighted by Gasteiger charge is -2.31. The molecule has 0 unspecified atom stereocenters. The van der Waals surface area contributed by atoms with Gasteiger partial charge in [0, 0.05) is 48.9 Å². The summed E-state index contributed by atoms with van der Waals surface area (Å²) in [5.74, 6) is 0. The third kappa shape index (κ3) is 3.19. The standard InChI is InChI=1S/C12H16ClN3O2/c1-9-7-15(5-4-14-9)8-10-2-3-11(13)6-12(10)16(17)18/h2-3,6,9,14H,4-5,7-8H2,1H3/t9-/m1/s1. The van der Waals surface area contributed by atoms with Crippen molar-refractivity contribution in [3.05, 3.63) is 38.9 Å². The Kier molecular flexibility index (Phi) is 4.16. The fourth-order valence-electron chi connectivity index (χ4n) is 2.24. The Bertz CT molecular complexity index is 453. The molecule has 0 radical (unpaired) electrons. The van der Waals surface area contributed by atoms with Crippen molar-refractivity contribution in [1.82, 2.24) is 10.2 Å². The topological polar surface area (TPSA) is 58.4 Å². The molecule has 1 aromatic carbocycles. The van der Waals surface area contributed by atoms with Gasteiger partial charge in [0.15, 0.2) is 0 Å². The molecule has 0 aromatic heterocycles. The van der Waals surface area contributed by atoms with Crippen molar-refractivity contribution in [2.24, 2.45) is 0 Å². The van der Waals surface area contributed by atoms with Gasteiger partial charge in [-0.1, -0.05) is 11.6 Å². The summed E-state index contributed by atoms with van der Waals surface area (Å²) in [4.78, 5) is 12.8. The van der Waals surface area contributed by atoms with Crippen molar-refractivity contribution in [3.8, 4) is 0 Å². The lowest BCUT2D eigenvalue weighted by molar-refractivity contribution is -0.385. The minimum absolute atomic E-state index is 0.105. The predicted octanol–water partition coefficient (Wildman–Crippen LogP) is 2.04. The zero-order valence-corrected chi connectivity index (χ0v) is 11.0. The Labute approximate surface area is 111 Å². The van der Waals surface area contributed by atoms with Crippen molar-refractivity contribution in [2.45, 2.75) is 19.5 Å². The van der Waals surface area contributed by atoms with Gasteiger partial charge < -0.3 is 5.32 Å². The molecular formula is C12H16ClN3O2. The van der Waals surface area contributed by atoms with Crippen LogP contribution >= 0.6 is 11.6 Å². The molecule has 18 heavy (non-hydrogen) atoms. The van der Waals surface area contributed by atoms with E-state index in [1.165, 1.54) is 6.07 Å². The van der Waals surface area contributed by atoms with E-state index in [2.05, 4.69) is 17.1 Å². The molecule has 1 N–H and O–H groups in total. The second-order valence-electron chi connectivity index (χ2n) is 4.62. The summed E-state index contributed by atoms with van der Waals surface area (Å²) in [5.41, 5.74) is 0.826. The summed E-state index contributed by atoms with van der Waals surface area (Å²) in [6, 6.07) is 5.29. The Morgan fingerprint density at radius 1 is 1.61 bits per heavy atom. The molecule has 0 saturated carbocycles. The monoisotopic (exact) mass is 269 g/mol. The van der Waals surface area contributed by atoms with Crippen LogP contribution in [0.5, 0.6) is 0 Å². The van der Waals surface area contributed by atoms with E-state index in [1.54, 1.807) is 12.1 Å². The quantitative estimate of drug-likeness (QED) is 0.674. The summed E-state index contributed by atoms with van der Waals surface area (Å²) in [5, 5.41) is 14.7. The van der Waals surface area contributed by atoms with Crippen LogP contribution in [0.3, 0.4) is 0 Å². The summed E-state index contributed by atoms with van der Waals surface area (Å²) in [7, 11) is 0. The van der Waals surface area contributed by atoms with Gasteiger partial charge in [-0.15, -0.1) is 0 Å². The number of halogens is 1. The molecular weight excluding hydrogens is 254 g/mol. The van der Waals surface area contributed by atoms with Crippen LogP contribution in [0.15, 0.2) is 18.2 Å². The second kappa shape index (κ2) is 5.65. The first-order chi connectivity index (χ1) is 8.56. The van der Waals surface area contributed by atoms with Gasteiger partial charge in [-0.25, -0.2) is 0 Å². The van der Waals surface area contributed by atoms with E-state index in [9.17, 15) is 10.1 Å². The summed E-state index contributed by atoms with van der Waals surface area (Å²) in [6.45, 7) is 5.44. The van der Waals surface area contributed by atoms with Crippen LogP contribution in [0.4, 0.5) is 5.69 Å². The van der Waals surface area contributed by atoms with Crippen LogP contribution in [-0.4, -0.2) is 35.5 Å². The van der Waals surface area contributed by atoms with E-state index < -0.39 is 0 Å². The first-order valence-electron chi connectivity index (χ1n) is 5.95. The van der Waals surface area contributed by atoms with Crippen LogP contribution in [-0.2, 0) is 6.54 Å². The molecule has 1 heterocycles. The summed E-state index contributed by atoms with van der Waals surface area (Å²) in [6.07, 6.45) is 0. The van der Waals surface area contributed by atoms with E-state index in [4.69, 9.17) is 11.6 Å². The molecule has 1 fully saturated rings. The molecule has 98 valence electrons. The van der Waals surface area contributed by atoms with Gasteiger partial charge in [0.25, 0.3) is 5.69 Å². The summed E-state index contributed by atoms with van der Waals surface area (Å²) < 4.78 is 0. The van der Waals surface area contributed by atoms with Gasteiger partial charge in [0.2, 0.25) is 0 Å². The minimum Gasteiger partial charge on any atom is -0.312 e. The Balaban J connectivity index is 2.15. The fourth-order valence-corrected chi connectivity index (χ4v) is 2.40. The van der Waals surface area contributed by atoms with Crippen molar-refractivity contribution in [1.29, 1.82) is 0 Å². The molecule has 0 bridgehead atoms. The summed E-state index contributed by atoms with van der Waals surface area (Å²) >= 11 is 5.80. The van der Waals surface area contributed by atoms with E-state index in [-0.39, 0.29) is 10.6 Å². The van der Waals surface area contributed by atoms with Crippen LogP contribution in [0.25, 0.3) is 0 Å². The first-order valence-corrected chi connectivity index (χ1v) is 6.32. The zero-order chi connectivity index (χ0) is 13.1. The molecule has 1 aliphatic rings. The lowest BCUT2D eigenvalue weighted by Crippen LogP contribution is -2.48. The number of nitrogens with one attached hydrogen (secondary N) is 1. The third-order valence-corrected chi connectivity index (χ3v) is 3.33. The molecule has 2 rings (SSSR count). The van der Waals surface area contributed by atoms with E-state index in [1.807, 2.05) is 0 Å². The number of hydrogen-bond donors (Lipinski definition) is 1. The van der Waals surface area contributed by atoms with Gasteiger partial charge in [-0.3, -0.25) is 15.0 Å². The molecule has 1 aliphatic heterocycles. The largest absolute Gasteiger partial charge is 0.312 e. The maximum atomic E-state index is 11.0. The SMILES string of the molecule is C[C@@H]1CN(Cc2ccc(Cl)cc2[N+](=O)[O-])CCN1. The average molecular weight is 270 g/mol. The molecule has 1 atom stereocenters. The van der Waals surface area contributed by atoms with Crippen LogP contribution < -0.4 is 5.32 Å². The van der Waals surface area contributed by atoms with Crippen LogP contribution in [0.2, 0.25) is 5.02 Å². The van der Waals surface area contributed by atoms with Crippen LogP contribution in [0, 0.1) is 10.1 Å².